The average Bonchev–Trinajstić information content (AvgIpc) is 2.94. The van der Waals surface area contributed by atoms with Crippen LogP contribution in [0.15, 0.2) is 30.5 Å². The maximum atomic E-state index is 11.3. The molecule has 108 valence electrons. The molecule has 2 heterocycles. The van der Waals surface area contributed by atoms with Crippen LogP contribution in [0.5, 0.6) is 0 Å². The predicted molar refractivity (Wildman–Crippen MR) is 81.8 cm³/mol. The molecule has 1 aromatic carbocycles. The van der Waals surface area contributed by atoms with Gasteiger partial charge in [0.15, 0.2) is 0 Å². The van der Waals surface area contributed by atoms with Crippen molar-refractivity contribution in [1.82, 2.24) is 4.98 Å². The summed E-state index contributed by atoms with van der Waals surface area (Å²) in [6.07, 6.45) is 6.97. The Morgan fingerprint density at radius 1 is 1.19 bits per heavy atom. The number of hydrogen-bond donors (Lipinski definition) is 1. The number of rotatable bonds is 2. The van der Waals surface area contributed by atoms with Gasteiger partial charge in [0, 0.05) is 35.8 Å². The first kappa shape index (κ1) is 12.6. The Balaban J connectivity index is 1.68. The van der Waals surface area contributed by atoms with Gasteiger partial charge in [0.05, 0.1) is 11.1 Å². The Kier molecular flexibility index (Phi) is 2.67. The van der Waals surface area contributed by atoms with Crippen molar-refractivity contribution < 1.29 is 9.90 Å². The number of carbonyl (C=O) groups is 1. The van der Waals surface area contributed by atoms with E-state index in [0.29, 0.717) is 11.0 Å². The molecule has 1 N–H and O–H groups in total. The normalized spacial score (nSPS) is 19.9. The van der Waals surface area contributed by atoms with Gasteiger partial charge < -0.3 is 10.0 Å². The second-order valence-electron chi connectivity index (χ2n) is 6.43. The van der Waals surface area contributed by atoms with Gasteiger partial charge in [0.25, 0.3) is 0 Å². The second kappa shape index (κ2) is 4.45. The standard InChI is InChI=1S/C17H18N2O2/c20-16(21)13-5-8-18-15-4-3-12(9-14(13)15)19-10-17(11-19)6-1-2-7-17/h3-5,8-9H,1-2,6-7,10-11H2,(H,20,21). The third-order valence-corrected chi connectivity index (χ3v) is 5.04. The number of aromatic nitrogens is 1. The molecule has 21 heavy (non-hydrogen) atoms. The Bertz CT molecular complexity index is 712. The van der Waals surface area contributed by atoms with E-state index in [2.05, 4.69) is 16.0 Å². The molecule has 1 aromatic heterocycles. The summed E-state index contributed by atoms with van der Waals surface area (Å²) in [5.74, 6) is -0.893. The molecule has 1 saturated heterocycles. The van der Waals surface area contributed by atoms with Crippen molar-refractivity contribution in [3.63, 3.8) is 0 Å². The van der Waals surface area contributed by atoms with Crippen LogP contribution in [0.3, 0.4) is 0 Å². The third-order valence-electron chi connectivity index (χ3n) is 5.04. The first-order valence-corrected chi connectivity index (χ1v) is 7.54. The summed E-state index contributed by atoms with van der Waals surface area (Å²) in [7, 11) is 0. The number of carboxylic acid groups (broad SMARTS) is 1. The van der Waals surface area contributed by atoms with Gasteiger partial charge in [0.2, 0.25) is 0 Å². The fraction of sp³-hybridized carbons (Fsp3) is 0.412. The molecular formula is C17H18N2O2. The largest absolute Gasteiger partial charge is 0.478 e. The van der Waals surface area contributed by atoms with E-state index in [0.717, 1.165) is 29.7 Å². The molecular weight excluding hydrogens is 264 g/mol. The number of nitrogens with zero attached hydrogens (tertiary/aromatic N) is 2. The van der Waals surface area contributed by atoms with E-state index in [4.69, 9.17) is 0 Å². The lowest BCUT2D eigenvalue weighted by atomic mass is 9.78. The molecule has 0 amide bonds. The summed E-state index contributed by atoms with van der Waals surface area (Å²) in [5, 5.41) is 10.0. The van der Waals surface area contributed by atoms with E-state index in [1.807, 2.05) is 12.1 Å². The van der Waals surface area contributed by atoms with Gasteiger partial charge in [-0.3, -0.25) is 4.98 Å². The van der Waals surface area contributed by atoms with Crippen LogP contribution in [-0.2, 0) is 0 Å². The summed E-state index contributed by atoms with van der Waals surface area (Å²) in [4.78, 5) is 18.0. The average molecular weight is 282 g/mol. The zero-order valence-corrected chi connectivity index (χ0v) is 11.9. The van der Waals surface area contributed by atoms with E-state index in [1.165, 1.54) is 25.7 Å². The zero-order valence-electron chi connectivity index (χ0n) is 11.9. The van der Waals surface area contributed by atoms with Gasteiger partial charge in [-0.2, -0.15) is 0 Å². The first-order valence-electron chi connectivity index (χ1n) is 7.54. The molecule has 0 radical (unpaired) electrons. The van der Waals surface area contributed by atoms with Gasteiger partial charge in [0.1, 0.15) is 0 Å². The SMILES string of the molecule is O=C(O)c1ccnc2ccc(N3CC4(CCCC4)C3)cc12. The molecule has 0 atom stereocenters. The van der Waals surface area contributed by atoms with E-state index >= 15 is 0 Å². The minimum absolute atomic E-state index is 0.331. The van der Waals surface area contributed by atoms with Crippen molar-refractivity contribution in [2.24, 2.45) is 5.41 Å². The van der Waals surface area contributed by atoms with Crippen LogP contribution in [0.2, 0.25) is 0 Å². The van der Waals surface area contributed by atoms with Gasteiger partial charge in [-0.15, -0.1) is 0 Å². The topological polar surface area (TPSA) is 53.4 Å². The van der Waals surface area contributed by atoms with Crippen molar-refractivity contribution in [3.05, 3.63) is 36.0 Å². The molecule has 1 spiro atoms. The molecule has 4 nitrogen and oxygen atoms in total. The van der Waals surface area contributed by atoms with Crippen LogP contribution in [-0.4, -0.2) is 29.1 Å². The van der Waals surface area contributed by atoms with Gasteiger partial charge in [-0.25, -0.2) is 4.79 Å². The van der Waals surface area contributed by atoms with E-state index in [-0.39, 0.29) is 0 Å². The first-order chi connectivity index (χ1) is 10.2. The van der Waals surface area contributed by atoms with Crippen molar-refractivity contribution in [2.45, 2.75) is 25.7 Å². The molecule has 1 aliphatic heterocycles. The Labute approximate surface area is 123 Å². The number of anilines is 1. The van der Waals surface area contributed by atoms with Crippen molar-refractivity contribution in [3.8, 4) is 0 Å². The van der Waals surface area contributed by atoms with Crippen LogP contribution in [0.4, 0.5) is 5.69 Å². The Hall–Kier alpha value is -2.10. The van der Waals surface area contributed by atoms with E-state index < -0.39 is 5.97 Å². The Morgan fingerprint density at radius 2 is 1.95 bits per heavy atom. The number of pyridine rings is 1. The van der Waals surface area contributed by atoms with Crippen LogP contribution < -0.4 is 4.90 Å². The summed E-state index contributed by atoms with van der Waals surface area (Å²) < 4.78 is 0. The molecule has 0 unspecified atom stereocenters. The molecule has 1 saturated carbocycles. The highest BCUT2D eigenvalue weighted by Gasteiger charge is 2.44. The Morgan fingerprint density at radius 3 is 2.67 bits per heavy atom. The molecule has 2 aliphatic rings. The van der Waals surface area contributed by atoms with E-state index in [1.54, 1.807) is 12.3 Å². The summed E-state index contributed by atoms with van der Waals surface area (Å²) in [6.45, 7) is 2.22. The molecule has 2 aromatic rings. The molecule has 0 bridgehead atoms. The third kappa shape index (κ3) is 1.97. The number of aromatic carboxylic acids is 1. The van der Waals surface area contributed by atoms with Crippen LogP contribution >= 0.6 is 0 Å². The zero-order chi connectivity index (χ0) is 14.4. The fourth-order valence-electron chi connectivity index (χ4n) is 3.90. The minimum Gasteiger partial charge on any atom is -0.478 e. The van der Waals surface area contributed by atoms with E-state index in [9.17, 15) is 9.90 Å². The highest BCUT2D eigenvalue weighted by molar-refractivity contribution is 6.03. The lowest BCUT2D eigenvalue weighted by molar-refractivity contribution is 0.0699. The number of fused-ring (bicyclic) bond motifs is 1. The summed E-state index contributed by atoms with van der Waals surface area (Å²) >= 11 is 0. The lowest BCUT2D eigenvalue weighted by Gasteiger charge is -2.49. The quantitative estimate of drug-likeness (QED) is 0.918. The molecule has 1 aliphatic carbocycles. The molecule has 2 fully saturated rings. The highest BCUT2D eigenvalue weighted by atomic mass is 16.4. The lowest BCUT2D eigenvalue weighted by Crippen LogP contribution is -2.55. The minimum atomic E-state index is -0.893. The van der Waals surface area contributed by atoms with Crippen molar-refractivity contribution in [2.75, 3.05) is 18.0 Å². The monoisotopic (exact) mass is 282 g/mol. The van der Waals surface area contributed by atoms with Gasteiger partial charge >= 0.3 is 5.97 Å². The predicted octanol–water partition coefficient (Wildman–Crippen LogP) is 3.31. The smallest absolute Gasteiger partial charge is 0.336 e. The number of carboxylic acids is 1. The summed E-state index contributed by atoms with van der Waals surface area (Å²) in [6, 6.07) is 7.54. The van der Waals surface area contributed by atoms with Crippen LogP contribution in [0, 0.1) is 5.41 Å². The van der Waals surface area contributed by atoms with Crippen LogP contribution in [0.1, 0.15) is 36.0 Å². The second-order valence-corrected chi connectivity index (χ2v) is 6.43. The molecule has 4 heteroatoms. The molecule has 4 rings (SSSR count). The number of benzene rings is 1. The maximum Gasteiger partial charge on any atom is 0.336 e. The fourth-order valence-corrected chi connectivity index (χ4v) is 3.90. The van der Waals surface area contributed by atoms with Gasteiger partial charge in [-0.05, 0) is 37.1 Å². The number of hydrogen-bond acceptors (Lipinski definition) is 3. The summed E-state index contributed by atoms with van der Waals surface area (Å²) in [5.41, 5.74) is 2.74. The van der Waals surface area contributed by atoms with Gasteiger partial charge in [-0.1, -0.05) is 12.8 Å². The van der Waals surface area contributed by atoms with Crippen molar-refractivity contribution >= 4 is 22.6 Å². The van der Waals surface area contributed by atoms with Crippen LogP contribution in [0.25, 0.3) is 10.9 Å². The maximum absolute atomic E-state index is 11.3. The highest BCUT2D eigenvalue weighted by Crippen LogP contribution is 2.47. The van der Waals surface area contributed by atoms with Crippen molar-refractivity contribution in [1.29, 1.82) is 0 Å².